The van der Waals surface area contributed by atoms with E-state index in [0.717, 1.165) is 22.5 Å². The molecular formula is C27H38FN5O4. The molecule has 4 rings (SSSR count). The van der Waals surface area contributed by atoms with Crippen LogP contribution in [0.5, 0.6) is 5.88 Å². The van der Waals surface area contributed by atoms with Gasteiger partial charge in [0.15, 0.2) is 0 Å². The monoisotopic (exact) mass is 515 g/mol. The van der Waals surface area contributed by atoms with Crippen LogP contribution in [-0.2, 0) is 4.74 Å². The predicted molar refractivity (Wildman–Crippen MR) is 142 cm³/mol. The molecule has 0 unspecified atom stereocenters. The molecule has 0 spiro atoms. The summed E-state index contributed by atoms with van der Waals surface area (Å²) < 4.78 is 26.1. The first-order valence-electron chi connectivity index (χ1n) is 12.8. The van der Waals surface area contributed by atoms with Crippen molar-refractivity contribution in [1.29, 1.82) is 0 Å². The summed E-state index contributed by atoms with van der Waals surface area (Å²) in [5.41, 5.74) is 2.38. The van der Waals surface area contributed by atoms with E-state index < -0.39 is 5.82 Å². The van der Waals surface area contributed by atoms with Gasteiger partial charge in [0, 0.05) is 44.8 Å². The normalized spacial score (nSPS) is 18.6. The molecule has 2 aromatic rings. The van der Waals surface area contributed by atoms with Gasteiger partial charge in [0.2, 0.25) is 5.88 Å². The summed E-state index contributed by atoms with van der Waals surface area (Å²) in [6.45, 7) is 12.6. The Labute approximate surface area is 218 Å². The van der Waals surface area contributed by atoms with Crippen LogP contribution in [0.3, 0.4) is 0 Å². The number of pyridine rings is 1. The molecule has 9 nitrogen and oxygen atoms in total. The fraction of sp³-hybridized carbons (Fsp3) is 0.556. The Hall–Kier alpha value is -2.95. The number of urea groups is 1. The first kappa shape index (κ1) is 27.1. The number of hydrogen-bond acceptors (Lipinski definition) is 7. The maximum absolute atomic E-state index is 15.0. The third-order valence-corrected chi connectivity index (χ3v) is 6.84. The third-order valence-electron chi connectivity index (χ3n) is 6.84. The smallest absolute Gasteiger partial charge is 0.322 e. The molecule has 0 aliphatic carbocycles. The number of aliphatic hydroxyl groups excluding tert-OH is 1. The Morgan fingerprint density at radius 3 is 2.70 bits per heavy atom. The van der Waals surface area contributed by atoms with Crippen LogP contribution in [0, 0.1) is 18.2 Å². The summed E-state index contributed by atoms with van der Waals surface area (Å²) >= 11 is 0. The van der Waals surface area contributed by atoms with Gasteiger partial charge in [-0.15, -0.1) is 0 Å². The highest BCUT2D eigenvalue weighted by molar-refractivity contribution is 5.91. The lowest BCUT2D eigenvalue weighted by molar-refractivity contribution is 0.122. The van der Waals surface area contributed by atoms with Gasteiger partial charge in [-0.3, -0.25) is 0 Å². The molecule has 0 radical (unpaired) electrons. The Balaban J connectivity index is 1.62. The lowest BCUT2D eigenvalue weighted by Crippen LogP contribution is -2.57. The maximum Gasteiger partial charge on any atom is 0.322 e. The Morgan fingerprint density at radius 2 is 2.00 bits per heavy atom. The molecule has 2 saturated heterocycles. The lowest BCUT2D eigenvalue weighted by Gasteiger charge is -2.40. The molecule has 2 aliphatic rings. The number of aryl methyl sites for hydroxylation is 1. The van der Waals surface area contributed by atoms with Gasteiger partial charge in [-0.25, -0.2) is 9.18 Å². The molecule has 2 amide bonds. The number of carbonyl (C=O) groups is 1. The van der Waals surface area contributed by atoms with Gasteiger partial charge in [0.25, 0.3) is 0 Å². The zero-order valence-corrected chi connectivity index (χ0v) is 22.1. The SMILES string of the molecule is Cc1cc(F)c(NC(=O)N2CCN[C@H](C(C)(C)C)C2)cc1-c1cc(OCCO)nc(N2CCOCC2)c1. The van der Waals surface area contributed by atoms with E-state index in [4.69, 9.17) is 9.47 Å². The first-order valence-corrected chi connectivity index (χ1v) is 12.8. The van der Waals surface area contributed by atoms with Crippen molar-refractivity contribution in [1.82, 2.24) is 15.2 Å². The Morgan fingerprint density at radius 1 is 1.24 bits per heavy atom. The molecule has 3 N–H and O–H groups in total. The molecule has 1 aromatic heterocycles. The average Bonchev–Trinajstić information content (AvgIpc) is 2.89. The maximum atomic E-state index is 15.0. The van der Waals surface area contributed by atoms with E-state index in [-0.39, 0.29) is 36.4 Å². The number of rotatable bonds is 6. The summed E-state index contributed by atoms with van der Waals surface area (Å²) in [5.74, 6) is 0.602. The summed E-state index contributed by atoms with van der Waals surface area (Å²) in [5, 5.41) is 15.5. The van der Waals surface area contributed by atoms with Crippen LogP contribution in [0.25, 0.3) is 11.1 Å². The summed E-state index contributed by atoms with van der Waals surface area (Å²) in [4.78, 5) is 21.6. The summed E-state index contributed by atoms with van der Waals surface area (Å²) in [6.07, 6.45) is 0. The van der Waals surface area contributed by atoms with E-state index >= 15 is 4.39 Å². The van der Waals surface area contributed by atoms with Crippen LogP contribution in [0.4, 0.5) is 20.7 Å². The van der Waals surface area contributed by atoms with Crippen LogP contribution in [0.15, 0.2) is 24.3 Å². The number of nitrogens with zero attached hydrogens (tertiary/aromatic N) is 3. The van der Waals surface area contributed by atoms with Crippen molar-refractivity contribution < 1.29 is 23.8 Å². The fourth-order valence-electron chi connectivity index (χ4n) is 4.61. The molecule has 10 heteroatoms. The zero-order valence-electron chi connectivity index (χ0n) is 22.1. The molecular weight excluding hydrogens is 477 g/mol. The quantitative estimate of drug-likeness (QED) is 0.543. The number of aliphatic hydroxyl groups is 1. The van der Waals surface area contributed by atoms with Crippen molar-refractivity contribution in [2.24, 2.45) is 5.41 Å². The Bertz CT molecular complexity index is 1100. The average molecular weight is 516 g/mol. The number of nitrogens with one attached hydrogen (secondary N) is 2. The standard InChI is InChI=1S/C27H38FN5O4/c1-18-13-21(28)22(30-26(35)33-6-5-29-23(17-33)27(2,3)4)16-20(18)19-14-24(32-7-10-36-11-8-32)31-25(15-19)37-12-9-34/h13-16,23,29,34H,5-12,17H2,1-4H3,(H,30,35)/t23-/m0/s1. The minimum atomic E-state index is -0.490. The highest BCUT2D eigenvalue weighted by Crippen LogP contribution is 2.33. The number of amides is 2. The van der Waals surface area contributed by atoms with Gasteiger partial charge in [-0.1, -0.05) is 20.8 Å². The zero-order chi connectivity index (χ0) is 26.6. The molecule has 202 valence electrons. The molecule has 1 atom stereocenters. The van der Waals surface area contributed by atoms with Crippen molar-refractivity contribution in [3.05, 3.63) is 35.6 Å². The largest absolute Gasteiger partial charge is 0.475 e. The number of piperazine rings is 1. The van der Waals surface area contributed by atoms with E-state index in [1.165, 1.54) is 6.07 Å². The van der Waals surface area contributed by atoms with Gasteiger partial charge in [-0.2, -0.15) is 4.98 Å². The second-order valence-corrected chi connectivity index (χ2v) is 10.6. The number of ether oxygens (including phenoxy) is 2. The highest BCUT2D eigenvalue weighted by Gasteiger charge is 2.31. The third kappa shape index (κ3) is 6.68. The van der Waals surface area contributed by atoms with Gasteiger partial charge in [-0.05, 0) is 47.2 Å². The topological polar surface area (TPSA) is 99.2 Å². The number of benzene rings is 1. The van der Waals surface area contributed by atoms with Crippen LogP contribution >= 0.6 is 0 Å². The van der Waals surface area contributed by atoms with Crippen LogP contribution < -0.4 is 20.3 Å². The van der Waals surface area contributed by atoms with Gasteiger partial charge >= 0.3 is 6.03 Å². The summed E-state index contributed by atoms with van der Waals surface area (Å²) in [6, 6.07) is 6.64. The van der Waals surface area contributed by atoms with Gasteiger partial charge in [0.1, 0.15) is 18.2 Å². The van der Waals surface area contributed by atoms with E-state index in [2.05, 4.69) is 41.3 Å². The van der Waals surface area contributed by atoms with Crippen molar-refractivity contribution in [3.8, 4) is 17.0 Å². The van der Waals surface area contributed by atoms with Crippen molar-refractivity contribution >= 4 is 17.5 Å². The lowest BCUT2D eigenvalue weighted by atomic mass is 9.85. The second kappa shape index (κ2) is 11.6. The minimum Gasteiger partial charge on any atom is -0.475 e. The fourth-order valence-corrected chi connectivity index (χ4v) is 4.61. The highest BCUT2D eigenvalue weighted by atomic mass is 19.1. The molecule has 2 aliphatic heterocycles. The predicted octanol–water partition coefficient (Wildman–Crippen LogP) is 3.26. The van der Waals surface area contributed by atoms with E-state index in [9.17, 15) is 9.90 Å². The Kier molecular flexibility index (Phi) is 8.51. The van der Waals surface area contributed by atoms with Crippen LogP contribution in [0.2, 0.25) is 0 Å². The first-order chi connectivity index (χ1) is 17.7. The molecule has 0 saturated carbocycles. The number of anilines is 2. The van der Waals surface area contributed by atoms with Crippen molar-refractivity contribution in [3.63, 3.8) is 0 Å². The molecule has 3 heterocycles. The molecule has 0 bridgehead atoms. The van der Waals surface area contributed by atoms with E-state index in [1.807, 2.05) is 13.0 Å². The summed E-state index contributed by atoms with van der Waals surface area (Å²) in [7, 11) is 0. The van der Waals surface area contributed by atoms with Gasteiger partial charge < -0.3 is 35.0 Å². The number of carbonyl (C=O) groups excluding carboxylic acids is 1. The number of halogens is 1. The van der Waals surface area contributed by atoms with Crippen molar-refractivity contribution in [2.45, 2.75) is 33.7 Å². The number of morpholine rings is 1. The molecule has 37 heavy (non-hydrogen) atoms. The number of aromatic nitrogens is 1. The minimum absolute atomic E-state index is 0.00341. The molecule has 2 fully saturated rings. The second-order valence-electron chi connectivity index (χ2n) is 10.6. The van der Waals surface area contributed by atoms with Crippen LogP contribution in [0.1, 0.15) is 26.3 Å². The molecule has 1 aromatic carbocycles. The van der Waals surface area contributed by atoms with Crippen LogP contribution in [-0.4, -0.2) is 86.2 Å². The van der Waals surface area contributed by atoms with E-state index in [1.54, 1.807) is 17.0 Å². The number of hydrogen-bond donors (Lipinski definition) is 3. The van der Waals surface area contributed by atoms with Crippen molar-refractivity contribution in [2.75, 3.05) is 69.4 Å². The van der Waals surface area contributed by atoms with E-state index in [0.29, 0.717) is 51.8 Å². The van der Waals surface area contributed by atoms with Gasteiger partial charge in [0.05, 0.1) is 25.5 Å².